The molecule has 10 nitrogen and oxygen atoms in total. The van der Waals surface area contributed by atoms with Crippen molar-refractivity contribution in [3.05, 3.63) is 93.9 Å². The fourth-order valence-electron chi connectivity index (χ4n) is 4.57. The molecule has 0 unspecified atom stereocenters. The van der Waals surface area contributed by atoms with Crippen LogP contribution in [-0.4, -0.2) is 66.2 Å². The minimum Gasteiger partial charge on any atom is -0.461 e. The first-order chi connectivity index (χ1) is 21.2. The molecule has 0 amide bonds. The highest BCUT2D eigenvalue weighted by Crippen LogP contribution is 2.23. The quantitative estimate of drug-likeness (QED) is 0.363. The SMILES string of the molecule is CCOC(=O)C1=NCC=C(c2ccc(F)cc2)C1=O.CCOC(=O)c1nn(C2CCOCC2)cc(-c2ccc(F)cc2)c1=O. The minimum absolute atomic E-state index is 0.0294. The fraction of sp³-hybridized carbons (Fsp3) is 0.312. The summed E-state index contributed by atoms with van der Waals surface area (Å²) in [7, 11) is 0. The lowest BCUT2D eigenvalue weighted by molar-refractivity contribution is -0.135. The minimum atomic E-state index is -0.753. The molecule has 1 saturated heterocycles. The van der Waals surface area contributed by atoms with Crippen LogP contribution in [0.5, 0.6) is 0 Å². The zero-order chi connectivity index (χ0) is 31.6. The predicted octanol–water partition coefficient (Wildman–Crippen LogP) is 4.37. The number of nitrogens with zero attached hydrogens (tertiary/aromatic N) is 3. The smallest absolute Gasteiger partial charge is 0.362 e. The molecule has 44 heavy (non-hydrogen) atoms. The van der Waals surface area contributed by atoms with Crippen molar-refractivity contribution in [3.63, 3.8) is 0 Å². The van der Waals surface area contributed by atoms with Gasteiger partial charge in [0.05, 0.1) is 25.8 Å². The van der Waals surface area contributed by atoms with Gasteiger partial charge in [0, 0.05) is 30.5 Å². The Kier molecular flexibility index (Phi) is 11.0. The normalized spacial score (nSPS) is 15.0. The number of hydrogen-bond acceptors (Lipinski definition) is 9. The summed E-state index contributed by atoms with van der Waals surface area (Å²) in [4.78, 5) is 52.4. The molecule has 3 aromatic rings. The number of allylic oxidation sites excluding steroid dienone is 1. The number of dihydropyridines is 1. The first-order valence-electron chi connectivity index (χ1n) is 14.1. The molecular formula is C32H31F2N3O7. The summed E-state index contributed by atoms with van der Waals surface area (Å²) in [5, 5.41) is 4.22. The van der Waals surface area contributed by atoms with Crippen LogP contribution < -0.4 is 5.43 Å². The largest absolute Gasteiger partial charge is 0.461 e. The standard InChI is InChI=1S/C18H19FN2O4.C14H12FNO3/c1-2-25-18(23)16-17(22)15(12-3-5-13(19)6-4-12)11-21(20-16)14-7-9-24-10-8-14;1-2-19-14(18)12-13(17)11(7-8-16-12)9-3-5-10(15)6-4-9/h3-6,11,14H,2,7-10H2,1H3;3-7H,2,8H2,1H3. The number of carbonyl (C=O) groups is 3. The van der Waals surface area contributed by atoms with E-state index in [9.17, 15) is 28.0 Å². The number of carbonyl (C=O) groups excluding carboxylic acids is 3. The third kappa shape index (κ3) is 7.75. The number of ketones is 1. The maximum Gasteiger partial charge on any atom is 0.362 e. The van der Waals surface area contributed by atoms with Crippen LogP contribution in [0, 0.1) is 11.6 Å². The van der Waals surface area contributed by atoms with E-state index in [4.69, 9.17) is 14.2 Å². The zero-order valence-corrected chi connectivity index (χ0v) is 24.3. The van der Waals surface area contributed by atoms with Crippen LogP contribution in [0.25, 0.3) is 16.7 Å². The molecule has 0 atom stereocenters. The molecule has 2 aliphatic rings. The monoisotopic (exact) mass is 607 g/mol. The molecule has 1 fully saturated rings. The van der Waals surface area contributed by atoms with Gasteiger partial charge in [0.15, 0.2) is 5.71 Å². The number of benzene rings is 2. The summed E-state index contributed by atoms with van der Waals surface area (Å²) >= 11 is 0. The summed E-state index contributed by atoms with van der Waals surface area (Å²) in [5.41, 5.74) is 0.748. The van der Waals surface area contributed by atoms with Gasteiger partial charge in [-0.1, -0.05) is 30.3 Å². The average molecular weight is 608 g/mol. The Bertz CT molecular complexity index is 1620. The first-order valence-corrected chi connectivity index (χ1v) is 14.1. The van der Waals surface area contributed by atoms with Crippen molar-refractivity contribution in [1.29, 1.82) is 0 Å². The van der Waals surface area contributed by atoms with Crippen LogP contribution in [0.15, 0.2) is 70.6 Å². The van der Waals surface area contributed by atoms with Crippen molar-refractivity contribution in [2.75, 3.05) is 33.0 Å². The number of aliphatic imine (C=N–C) groups is 1. The summed E-state index contributed by atoms with van der Waals surface area (Å²) in [5.74, 6) is -2.74. The topological polar surface area (TPSA) is 126 Å². The van der Waals surface area contributed by atoms with Crippen LogP contribution in [0.2, 0.25) is 0 Å². The van der Waals surface area contributed by atoms with E-state index in [0.29, 0.717) is 35.5 Å². The van der Waals surface area contributed by atoms with Crippen molar-refractivity contribution >= 4 is 29.0 Å². The van der Waals surface area contributed by atoms with Gasteiger partial charge in [-0.25, -0.2) is 18.4 Å². The molecule has 2 aliphatic heterocycles. The highest BCUT2D eigenvalue weighted by atomic mass is 19.1. The van der Waals surface area contributed by atoms with Gasteiger partial charge in [-0.15, -0.1) is 0 Å². The van der Waals surface area contributed by atoms with Gasteiger partial charge in [-0.3, -0.25) is 19.3 Å². The maximum atomic E-state index is 13.2. The van der Waals surface area contributed by atoms with E-state index < -0.39 is 29.0 Å². The number of hydrogen-bond donors (Lipinski definition) is 0. The van der Waals surface area contributed by atoms with Crippen molar-refractivity contribution in [2.45, 2.75) is 32.7 Å². The highest BCUT2D eigenvalue weighted by Gasteiger charge is 2.28. The molecule has 0 N–H and O–H groups in total. The third-order valence-corrected chi connectivity index (χ3v) is 6.75. The average Bonchev–Trinajstić information content (AvgIpc) is 3.03. The van der Waals surface area contributed by atoms with Crippen molar-refractivity contribution in [2.24, 2.45) is 4.99 Å². The van der Waals surface area contributed by atoms with Crippen molar-refractivity contribution < 1.29 is 37.4 Å². The van der Waals surface area contributed by atoms with E-state index >= 15 is 0 Å². The van der Waals surface area contributed by atoms with Gasteiger partial charge in [-0.2, -0.15) is 5.10 Å². The molecule has 3 heterocycles. The van der Waals surface area contributed by atoms with E-state index in [1.165, 1.54) is 48.5 Å². The van der Waals surface area contributed by atoms with Gasteiger partial charge in [-0.05, 0) is 62.1 Å². The number of halogens is 2. The number of Topliss-reactive ketones (excluding diaryl/α,β-unsaturated/α-hetero) is 1. The summed E-state index contributed by atoms with van der Waals surface area (Å²) in [6, 6.07) is 11.1. The lowest BCUT2D eigenvalue weighted by atomic mass is 9.96. The molecule has 0 aliphatic carbocycles. The maximum absolute atomic E-state index is 13.2. The van der Waals surface area contributed by atoms with Gasteiger partial charge < -0.3 is 14.2 Å². The molecule has 12 heteroatoms. The van der Waals surface area contributed by atoms with Gasteiger partial charge in [0.1, 0.15) is 11.6 Å². The van der Waals surface area contributed by atoms with Crippen LogP contribution in [-0.2, 0) is 23.8 Å². The Morgan fingerprint density at radius 2 is 1.45 bits per heavy atom. The highest BCUT2D eigenvalue weighted by molar-refractivity contribution is 6.73. The second-order valence-corrected chi connectivity index (χ2v) is 9.64. The number of aromatic nitrogens is 2. The second-order valence-electron chi connectivity index (χ2n) is 9.64. The van der Waals surface area contributed by atoms with E-state index in [0.717, 1.165) is 12.8 Å². The van der Waals surface area contributed by atoms with Gasteiger partial charge in [0.25, 0.3) is 0 Å². The summed E-state index contributed by atoms with van der Waals surface area (Å²) in [6.07, 6.45) is 4.70. The molecule has 1 aromatic heterocycles. The lowest BCUT2D eigenvalue weighted by Gasteiger charge is -2.24. The van der Waals surface area contributed by atoms with Crippen molar-refractivity contribution in [3.8, 4) is 11.1 Å². The number of rotatable bonds is 7. The molecule has 0 radical (unpaired) electrons. The molecule has 0 spiro atoms. The van der Waals surface area contributed by atoms with Crippen LogP contribution in [0.4, 0.5) is 8.78 Å². The Morgan fingerprint density at radius 1 is 0.886 bits per heavy atom. The second kappa shape index (κ2) is 15.1. The Morgan fingerprint density at radius 3 is 2.05 bits per heavy atom. The van der Waals surface area contributed by atoms with Gasteiger partial charge in [0.2, 0.25) is 16.9 Å². The summed E-state index contributed by atoms with van der Waals surface area (Å²) in [6.45, 7) is 5.07. The van der Waals surface area contributed by atoms with Crippen LogP contribution >= 0.6 is 0 Å². The van der Waals surface area contributed by atoms with E-state index in [1.807, 2.05) is 0 Å². The fourth-order valence-corrected chi connectivity index (χ4v) is 4.57. The lowest BCUT2D eigenvalue weighted by Crippen LogP contribution is -2.29. The molecular weight excluding hydrogens is 576 g/mol. The molecule has 5 rings (SSSR count). The zero-order valence-electron chi connectivity index (χ0n) is 24.3. The van der Waals surface area contributed by atoms with Crippen LogP contribution in [0.1, 0.15) is 48.8 Å². The van der Waals surface area contributed by atoms with Crippen LogP contribution in [0.3, 0.4) is 0 Å². The molecule has 2 aromatic carbocycles. The Labute approximate surface area is 252 Å². The first kappa shape index (κ1) is 32.1. The Hall–Kier alpha value is -4.84. The molecule has 0 saturated carbocycles. The van der Waals surface area contributed by atoms with E-state index in [-0.39, 0.29) is 43.0 Å². The summed E-state index contributed by atoms with van der Waals surface area (Å²) < 4.78 is 42.8. The Balaban J connectivity index is 0.000000209. The van der Waals surface area contributed by atoms with E-state index in [1.54, 1.807) is 30.8 Å². The number of esters is 2. The third-order valence-electron chi connectivity index (χ3n) is 6.75. The van der Waals surface area contributed by atoms with Gasteiger partial charge >= 0.3 is 11.9 Å². The molecule has 230 valence electrons. The number of ether oxygens (including phenoxy) is 3. The molecule has 0 bridgehead atoms. The predicted molar refractivity (Wildman–Crippen MR) is 157 cm³/mol. The van der Waals surface area contributed by atoms with Crippen molar-refractivity contribution in [1.82, 2.24) is 9.78 Å². The van der Waals surface area contributed by atoms with E-state index in [2.05, 4.69) is 10.1 Å².